The number of carbonyl (C=O) groups excluding carboxylic acids is 1. The van der Waals surface area contributed by atoms with Crippen molar-refractivity contribution in [1.29, 1.82) is 0 Å². The molecule has 1 aliphatic heterocycles. The molecular weight excluding hydrogens is 386 g/mol. The van der Waals surface area contributed by atoms with Gasteiger partial charge in [-0.05, 0) is 18.2 Å². The number of hydrogen-bond donors (Lipinski definition) is 1. The van der Waals surface area contributed by atoms with Crippen LogP contribution in [0, 0.1) is 0 Å². The summed E-state index contributed by atoms with van der Waals surface area (Å²) in [6, 6.07) is 11.1. The van der Waals surface area contributed by atoms with Crippen LogP contribution >= 0.6 is 0 Å². The van der Waals surface area contributed by atoms with Gasteiger partial charge in [0.05, 0.1) is 39.8 Å². The lowest BCUT2D eigenvalue weighted by Gasteiger charge is -2.25. The highest BCUT2D eigenvalue weighted by Crippen LogP contribution is 2.42. The van der Waals surface area contributed by atoms with Crippen LogP contribution in [0.15, 0.2) is 42.7 Å². The molecule has 0 radical (unpaired) electrons. The molecule has 0 aliphatic carbocycles. The van der Waals surface area contributed by atoms with Crippen LogP contribution in [0.1, 0.15) is 23.6 Å². The van der Waals surface area contributed by atoms with Crippen LogP contribution in [0.4, 0.5) is 5.82 Å². The van der Waals surface area contributed by atoms with Crippen molar-refractivity contribution in [2.24, 2.45) is 0 Å². The highest BCUT2D eigenvalue weighted by atomic mass is 16.5. The van der Waals surface area contributed by atoms with E-state index in [1.165, 1.54) is 0 Å². The number of aromatic nitrogens is 2. The minimum Gasteiger partial charge on any atom is -0.497 e. The Morgan fingerprint density at radius 2 is 1.60 bits per heavy atom. The summed E-state index contributed by atoms with van der Waals surface area (Å²) in [5.41, 5.74) is 2.38. The minimum atomic E-state index is -0.250. The lowest BCUT2D eigenvalue weighted by atomic mass is 9.89. The van der Waals surface area contributed by atoms with E-state index in [0.717, 1.165) is 16.9 Å². The first-order valence-corrected chi connectivity index (χ1v) is 9.41. The number of ether oxygens (including phenoxy) is 4. The number of amides is 1. The van der Waals surface area contributed by atoms with Crippen LogP contribution in [0.5, 0.6) is 23.0 Å². The second-order valence-corrected chi connectivity index (χ2v) is 6.80. The van der Waals surface area contributed by atoms with Crippen molar-refractivity contribution >= 4 is 11.7 Å². The normalized spacial score (nSPS) is 15.2. The Morgan fingerprint density at radius 1 is 0.933 bits per heavy atom. The third-order valence-electron chi connectivity index (χ3n) is 5.24. The van der Waals surface area contributed by atoms with Gasteiger partial charge in [0.2, 0.25) is 5.91 Å². The number of rotatable bonds is 6. The Kier molecular flexibility index (Phi) is 5.22. The molecule has 3 aromatic rings. The van der Waals surface area contributed by atoms with Crippen LogP contribution in [0.25, 0.3) is 5.69 Å². The molecule has 8 heteroatoms. The van der Waals surface area contributed by atoms with Gasteiger partial charge in [0.25, 0.3) is 0 Å². The van der Waals surface area contributed by atoms with Crippen molar-refractivity contribution in [3.63, 3.8) is 0 Å². The second-order valence-electron chi connectivity index (χ2n) is 6.80. The Balaban J connectivity index is 1.82. The molecule has 0 saturated carbocycles. The van der Waals surface area contributed by atoms with Gasteiger partial charge in [-0.15, -0.1) is 0 Å². The molecule has 2 heterocycles. The Bertz CT molecular complexity index is 1090. The van der Waals surface area contributed by atoms with Gasteiger partial charge in [0.15, 0.2) is 0 Å². The molecule has 156 valence electrons. The fourth-order valence-electron chi connectivity index (χ4n) is 3.74. The quantitative estimate of drug-likeness (QED) is 0.672. The molecule has 4 rings (SSSR count). The van der Waals surface area contributed by atoms with Crippen molar-refractivity contribution in [3.8, 4) is 28.7 Å². The van der Waals surface area contributed by atoms with Crippen LogP contribution in [0.3, 0.4) is 0 Å². The summed E-state index contributed by atoms with van der Waals surface area (Å²) in [5, 5.41) is 2.96. The molecule has 0 spiro atoms. The van der Waals surface area contributed by atoms with Gasteiger partial charge < -0.3 is 24.3 Å². The summed E-state index contributed by atoms with van der Waals surface area (Å²) >= 11 is 0. The number of fused-ring (bicyclic) bond motifs is 1. The van der Waals surface area contributed by atoms with Gasteiger partial charge in [-0.1, -0.05) is 6.07 Å². The Labute approximate surface area is 174 Å². The first kappa shape index (κ1) is 19.6. The largest absolute Gasteiger partial charge is 0.497 e. The Morgan fingerprint density at radius 3 is 2.27 bits per heavy atom. The first-order chi connectivity index (χ1) is 14.6. The standard InChI is InChI=1S/C22H23N3O5/c1-27-13-5-7-15(18(9-13)29-3)16-11-20(26)24-22-21(16)23-12-25(22)17-8-6-14(28-2)10-19(17)30-4/h5-10,12,16H,11H2,1-4H3,(H,24,26)/t16-/m0/s1. The fourth-order valence-corrected chi connectivity index (χ4v) is 3.74. The van der Waals surface area contributed by atoms with E-state index in [1.807, 2.05) is 34.9 Å². The zero-order valence-electron chi connectivity index (χ0n) is 17.3. The highest BCUT2D eigenvalue weighted by molar-refractivity contribution is 5.94. The number of benzene rings is 2. The predicted molar refractivity (Wildman–Crippen MR) is 111 cm³/mol. The van der Waals surface area contributed by atoms with Gasteiger partial charge in [-0.2, -0.15) is 0 Å². The third kappa shape index (κ3) is 3.30. The van der Waals surface area contributed by atoms with Gasteiger partial charge in [0, 0.05) is 30.0 Å². The maximum Gasteiger partial charge on any atom is 0.226 e. The van der Waals surface area contributed by atoms with Crippen molar-refractivity contribution in [3.05, 3.63) is 54.0 Å². The van der Waals surface area contributed by atoms with E-state index in [1.54, 1.807) is 40.8 Å². The molecule has 8 nitrogen and oxygen atoms in total. The molecule has 30 heavy (non-hydrogen) atoms. The molecule has 1 aliphatic rings. The Hall–Kier alpha value is -3.68. The number of carbonyl (C=O) groups is 1. The lowest BCUT2D eigenvalue weighted by molar-refractivity contribution is -0.116. The van der Waals surface area contributed by atoms with Gasteiger partial charge >= 0.3 is 0 Å². The zero-order chi connectivity index (χ0) is 21.3. The molecule has 1 amide bonds. The molecular formula is C22H23N3O5. The molecule has 1 aromatic heterocycles. The number of nitrogens with one attached hydrogen (secondary N) is 1. The molecule has 0 unspecified atom stereocenters. The summed E-state index contributed by atoms with van der Waals surface area (Å²) < 4.78 is 23.5. The summed E-state index contributed by atoms with van der Waals surface area (Å²) in [6.45, 7) is 0. The van der Waals surface area contributed by atoms with Crippen molar-refractivity contribution in [2.45, 2.75) is 12.3 Å². The van der Waals surface area contributed by atoms with Crippen LogP contribution in [0.2, 0.25) is 0 Å². The van der Waals surface area contributed by atoms with Gasteiger partial charge in [-0.3, -0.25) is 9.36 Å². The van der Waals surface area contributed by atoms with Crippen molar-refractivity contribution < 1.29 is 23.7 Å². The van der Waals surface area contributed by atoms with Crippen LogP contribution < -0.4 is 24.3 Å². The molecule has 1 atom stereocenters. The monoisotopic (exact) mass is 409 g/mol. The number of hydrogen-bond acceptors (Lipinski definition) is 6. The van der Waals surface area contributed by atoms with Gasteiger partial charge in [0.1, 0.15) is 35.1 Å². The van der Waals surface area contributed by atoms with E-state index >= 15 is 0 Å². The third-order valence-corrected chi connectivity index (χ3v) is 5.24. The number of imidazole rings is 1. The zero-order valence-corrected chi connectivity index (χ0v) is 17.3. The molecule has 2 aromatic carbocycles. The van der Waals surface area contributed by atoms with E-state index in [2.05, 4.69) is 10.3 Å². The van der Waals surface area contributed by atoms with E-state index in [0.29, 0.717) is 28.8 Å². The minimum absolute atomic E-state index is 0.0976. The van der Waals surface area contributed by atoms with E-state index in [-0.39, 0.29) is 18.2 Å². The highest BCUT2D eigenvalue weighted by Gasteiger charge is 2.33. The van der Waals surface area contributed by atoms with Crippen LogP contribution in [-0.4, -0.2) is 43.9 Å². The summed E-state index contributed by atoms with van der Waals surface area (Å²) in [6.07, 6.45) is 1.95. The molecule has 0 saturated heterocycles. The summed E-state index contributed by atoms with van der Waals surface area (Å²) in [7, 11) is 6.39. The average molecular weight is 409 g/mol. The average Bonchev–Trinajstić information content (AvgIpc) is 3.20. The fraction of sp³-hybridized carbons (Fsp3) is 0.273. The van der Waals surface area contributed by atoms with Gasteiger partial charge in [-0.25, -0.2) is 4.98 Å². The van der Waals surface area contributed by atoms with Crippen molar-refractivity contribution in [1.82, 2.24) is 9.55 Å². The van der Waals surface area contributed by atoms with Crippen LogP contribution in [-0.2, 0) is 4.79 Å². The lowest BCUT2D eigenvalue weighted by Crippen LogP contribution is -2.25. The second kappa shape index (κ2) is 7.98. The van der Waals surface area contributed by atoms with E-state index in [9.17, 15) is 4.79 Å². The topological polar surface area (TPSA) is 83.8 Å². The molecule has 0 bridgehead atoms. The first-order valence-electron chi connectivity index (χ1n) is 9.41. The summed E-state index contributed by atoms with van der Waals surface area (Å²) in [5.74, 6) is 2.88. The summed E-state index contributed by atoms with van der Waals surface area (Å²) in [4.78, 5) is 17.2. The van der Waals surface area contributed by atoms with Crippen molar-refractivity contribution in [2.75, 3.05) is 33.8 Å². The number of methoxy groups -OCH3 is 4. The van der Waals surface area contributed by atoms with E-state index in [4.69, 9.17) is 18.9 Å². The predicted octanol–water partition coefficient (Wildman–Crippen LogP) is 3.38. The number of anilines is 1. The maximum absolute atomic E-state index is 12.6. The smallest absolute Gasteiger partial charge is 0.226 e. The van der Waals surface area contributed by atoms with E-state index < -0.39 is 0 Å². The molecule has 0 fully saturated rings. The SMILES string of the molecule is COc1ccc([C@@H]2CC(=O)Nc3c2ncn3-c2ccc(OC)cc2OC)c(OC)c1. The molecule has 1 N–H and O–H groups in total. The number of nitrogens with zero attached hydrogens (tertiary/aromatic N) is 2. The maximum atomic E-state index is 12.6.